The lowest BCUT2D eigenvalue weighted by Gasteiger charge is -2.06. The standard InChI is InChI=1S/C18H23N5O.HI/c1-14-6-5-9-16(22-14)23-17(24)11-13-21-18(19)20-12-10-15-7-3-2-4-8-15;/h2-9H,10-13H2,1H3,(H3,19,20,21)(H,22,23,24);1H. The van der Waals surface area contributed by atoms with Crippen molar-refractivity contribution in [1.82, 2.24) is 10.3 Å². The first-order valence-corrected chi connectivity index (χ1v) is 7.95. The molecule has 0 fully saturated rings. The maximum absolute atomic E-state index is 11.8. The van der Waals surface area contributed by atoms with E-state index in [-0.39, 0.29) is 36.3 Å². The molecule has 0 saturated heterocycles. The summed E-state index contributed by atoms with van der Waals surface area (Å²) in [6, 6.07) is 15.6. The van der Waals surface area contributed by atoms with Gasteiger partial charge in [0.2, 0.25) is 5.91 Å². The van der Waals surface area contributed by atoms with E-state index in [4.69, 9.17) is 5.73 Å². The van der Waals surface area contributed by atoms with Gasteiger partial charge < -0.3 is 16.4 Å². The van der Waals surface area contributed by atoms with E-state index in [2.05, 4.69) is 32.7 Å². The highest BCUT2D eigenvalue weighted by Crippen LogP contribution is 2.04. The molecule has 0 aliphatic carbocycles. The predicted molar refractivity (Wildman–Crippen MR) is 112 cm³/mol. The third kappa shape index (κ3) is 8.48. The lowest BCUT2D eigenvalue weighted by molar-refractivity contribution is -0.116. The van der Waals surface area contributed by atoms with Gasteiger partial charge in [-0.15, -0.1) is 24.0 Å². The lowest BCUT2D eigenvalue weighted by Crippen LogP contribution is -2.33. The predicted octanol–water partition coefficient (Wildman–Crippen LogP) is 2.48. The molecule has 1 aromatic heterocycles. The lowest BCUT2D eigenvalue weighted by atomic mass is 10.1. The molecule has 0 unspecified atom stereocenters. The second kappa shape index (κ2) is 11.4. The maximum Gasteiger partial charge on any atom is 0.227 e. The van der Waals surface area contributed by atoms with Crippen LogP contribution >= 0.6 is 24.0 Å². The quantitative estimate of drug-likeness (QED) is 0.341. The summed E-state index contributed by atoms with van der Waals surface area (Å²) < 4.78 is 0. The molecule has 2 aromatic rings. The first kappa shape index (κ1) is 20.9. The van der Waals surface area contributed by atoms with Crippen LogP contribution < -0.4 is 16.4 Å². The average molecular weight is 453 g/mol. The minimum absolute atomic E-state index is 0. The van der Waals surface area contributed by atoms with Gasteiger partial charge in [0.1, 0.15) is 5.82 Å². The summed E-state index contributed by atoms with van der Waals surface area (Å²) in [5.74, 6) is 0.777. The first-order valence-electron chi connectivity index (χ1n) is 7.95. The van der Waals surface area contributed by atoms with E-state index < -0.39 is 0 Å². The van der Waals surface area contributed by atoms with Crippen LogP contribution in [0.1, 0.15) is 17.7 Å². The zero-order valence-electron chi connectivity index (χ0n) is 14.2. The van der Waals surface area contributed by atoms with Crippen molar-refractivity contribution in [3.8, 4) is 0 Å². The highest BCUT2D eigenvalue weighted by atomic mass is 127. The molecule has 0 aliphatic heterocycles. The van der Waals surface area contributed by atoms with Gasteiger partial charge in [0.25, 0.3) is 0 Å². The SMILES string of the molecule is Cc1cccc(NC(=O)CCN=C(N)NCCc2ccccc2)n1.I. The minimum atomic E-state index is -0.131. The molecule has 0 radical (unpaired) electrons. The monoisotopic (exact) mass is 453 g/mol. The number of nitrogens with one attached hydrogen (secondary N) is 2. The van der Waals surface area contributed by atoms with Gasteiger partial charge >= 0.3 is 0 Å². The number of anilines is 1. The second-order valence-electron chi connectivity index (χ2n) is 5.39. The van der Waals surface area contributed by atoms with E-state index in [1.807, 2.05) is 37.3 Å². The van der Waals surface area contributed by atoms with E-state index in [1.165, 1.54) is 5.56 Å². The van der Waals surface area contributed by atoms with Crippen LogP contribution in [0, 0.1) is 6.92 Å². The minimum Gasteiger partial charge on any atom is -0.370 e. The fraction of sp³-hybridized carbons (Fsp3) is 0.278. The molecule has 7 heteroatoms. The molecule has 134 valence electrons. The van der Waals surface area contributed by atoms with Crippen molar-refractivity contribution in [3.05, 3.63) is 59.8 Å². The number of benzene rings is 1. The average Bonchev–Trinajstić information content (AvgIpc) is 2.56. The van der Waals surface area contributed by atoms with Gasteiger partial charge in [0.15, 0.2) is 5.96 Å². The Morgan fingerprint density at radius 2 is 1.92 bits per heavy atom. The Morgan fingerprint density at radius 3 is 2.64 bits per heavy atom. The molecule has 0 atom stereocenters. The summed E-state index contributed by atoms with van der Waals surface area (Å²) in [7, 11) is 0. The van der Waals surface area contributed by atoms with Crippen LogP contribution in [-0.2, 0) is 11.2 Å². The third-order valence-electron chi connectivity index (χ3n) is 3.34. The van der Waals surface area contributed by atoms with Gasteiger partial charge in [0, 0.05) is 18.7 Å². The molecule has 2 rings (SSSR count). The number of rotatable bonds is 7. The number of carbonyl (C=O) groups is 1. The number of aliphatic imine (C=N–C) groups is 1. The summed E-state index contributed by atoms with van der Waals surface area (Å²) in [6.07, 6.45) is 1.13. The Labute approximate surface area is 165 Å². The number of carbonyl (C=O) groups excluding carboxylic acids is 1. The normalized spacial score (nSPS) is 10.7. The van der Waals surface area contributed by atoms with Crippen LogP contribution in [-0.4, -0.2) is 29.9 Å². The van der Waals surface area contributed by atoms with Crippen LogP contribution in [0.15, 0.2) is 53.5 Å². The zero-order valence-corrected chi connectivity index (χ0v) is 16.6. The molecule has 0 bridgehead atoms. The summed E-state index contributed by atoms with van der Waals surface area (Å²) in [4.78, 5) is 20.2. The van der Waals surface area contributed by atoms with Crippen molar-refractivity contribution in [2.24, 2.45) is 10.7 Å². The number of amides is 1. The Bertz CT molecular complexity index is 691. The van der Waals surface area contributed by atoms with E-state index in [0.29, 0.717) is 24.9 Å². The van der Waals surface area contributed by atoms with E-state index in [0.717, 1.165) is 12.1 Å². The largest absolute Gasteiger partial charge is 0.370 e. The Kier molecular flexibility index (Phi) is 9.53. The van der Waals surface area contributed by atoms with Gasteiger partial charge in [-0.1, -0.05) is 36.4 Å². The summed E-state index contributed by atoms with van der Waals surface area (Å²) >= 11 is 0. The van der Waals surface area contributed by atoms with Crippen molar-refractivity contribution in [1.29, 1.82) is 0 Å². The van der Waals surface area contributed by atoms with E-state index >= 15 is 0 Å². The van der Waals surface area contributed by atoms with Gasteiger partial charge in [-0.3, -0.25) is 9.79 Å². The van der Waals surface area contributed by atoms with Gasteiger partial charge in [-0.2, -0.15) is 0 Å². The van der Waals surface area contributed by atoms with Crippen LogP contribution in [0.25, 0.3) is 0 Å². The van der Waals surface area contributed by atoms with Crippen molar-refractivity contribution < 1.29 is 4.79 Å². The third-order valence-corrected chi connectivity index (χ3v) is 3.34. The number of aryl methyl sites for hydroxylation is 1. The number of pyridine rings is 1. The van der Waals surface area contributed by atoms with Crippen molar-refractivity contribution in [2.75, 3.05) is 18.4 Å². The molecule has 0 aliphatic rings. The van der Waals surface area contributed by atoms with E-state index in [1.54, 1.807) is 6.07 Å². The zero-order chi connectivity index (χ0) is 17.2. The maximum atomic E-state index is 11.8. The smallest absolute Gasteiger partial charge is 0.227 e. The molecule has 1 heterocycles. The van der Waals surface area contributed by atoms with Crippen LogP contribution in [0.4, 0.5) is 5.82 Å². The molecule has 4 N–H and O–H groups in total. The topological polar surface area (TPSA) is 92.4 Å². The Hall–Kier alpha value is -2.16. The van der Waals surface area contributed by atoms with Crippen molar-refractivity contribution in [2.45, 2.75) is 19.8 Å². The van der Waals surface area contributed by atoms with Crippen molar-refractivity contribution >= 4 is 41.7 Å². The van der Waals surface area contributed by atoms with Crippen LogP contribution in [0.5, 0.6) is 0 Å². The molecular formula is C18H24IN5O. The van der Waals surface area contributed by atoms with E-state index in [9.17, 15) is 4.79 Å². The molecule has 1 aromatic carbocycles. The highest BCUT2D eigenvalue weighted by Gasteiger charge is 2.03. The fourth-order valence-corrected chi connectivity index (χ4v) is 2.13. The Balaban J connectivity index is 0.00000312. The summed E-state index contributed by atoms with van der Waals surface area (Å²) in [5, 5.41) is 5.79. The number of aromatic nitrogens is 1. The number of guanidine groups is 1. The number of hydrogen-bond donors (Lipinski definition) is 3. The molecule has 0 spiro atoms. The number of nitrogens with zero attached hydrogens (tertiary/aromatic N) is 2. The summed E-state index contributed by atoms with van der Waals surface area (Å²) in [6.45, 7) is 2.92. The first-order chi connectivity index (χ1) is 11.6. The van der Waals surface area contributed by atoms with Crippen molar-refractivity contribution in [3.63, 3.8) is 0 Å². The number of halogens is 1. The number of hydrogen-bond acceptors (Lipinski definition) is 3. The van der Waals surface area contributed by atoms with Crippen LogP contribution in [0.3, 0.4) is 0 Å². The highest BCUT2D eigenvalue weighted by molar-refractivity contribution is 14.0. The van der Waals surface area contributed by atoms with Gasteiger partial charge in [-0.25, -0.2) is 4.98 Å². The molecule has 6 nitrogen and oxygen atoms in total. The molecule has 25 heavy (non-hydrogen) atoms. The molecule has 1 amide bonds. The number of nitrogens with two attached hydrogens (primary N) is 1. The van der Waals surface area contributed by atoms with Gasteiger partial charge in [-0.05, 0) is 31.0 Å². The van der Waals surface area contributed by atoms with Gasteiger partial charge in [0.05, 0.1) is 6.54 Å². The Morgan fingerprint density at radius 1 is 1.16 bits per heavy atom. The van der Waals surface area contributed by atoms with Crippen LogP contribution in [0.2, 0.25) is 0 Å². The summed E-state index contributed by atoms with van der Waals surface area (Å²) in [5.41, 5.74) is 7.89. The second-order valence-corrected chi connectivity index (χ2v) is 5.39. The molecule has 0 saturated carbocycles. The molecular weight excluding hydrogens is 429 g/mol. The fourth-order valence-electron chi connectivity index (χ4n) is 2.13.